The Labute approximate surface area is 293 Å². The quantitative estimate of drug-likeness (QED) is 0.104. The number of ketones is 1. The summed E-state index contributed by atoms with van der Waals surface area (Å²) >= 11 is 1.83. The van der Waals surface area contributed by atoms with Crippen LogP contribution >= 0.6 is 11.3 Å². The van der Waals surface area contributed by atoms with Crippen LogP contribution in [0, 0.1) is 46.5 Å². The molecular weight excluding hydrogens is 768 g/mol. The third-order valence-corrected chi connectivity index (χ3v) is 10.5. The van der Waals surface area contributed by atoms with E-state index in [9.17, 15) is 9.90 Å². The number of anilines is 1. The number of rotatable bonds is 9. The Balaban J connectivity index is 0.000000309. The fourth-order valence-electron chi connectivity index (χ4n) is 6.55. The van der Waals surface area contributed by atoms with Crippen molar-refractivity contribution >= 4 is 51.2 Å². The van der Waals surface area contributed by atoms with Crippen LogP contribution in [0.1, 0.15) is 81.3 Å². The van der Waals surface area contributed by atoms with Gasteiger partial charge in [-0.2, -0.15) is 10.2 Å². The van der Waals surface area contributed by atoms with Gasteiger partial charge in [-0.15, -0.1) is 17.0 Å². The predicted molar refractivity (Wildman–Crippen MR) is 194 cm³/mol. The number of aryl methyl sites for hydroxylation is 5. The molecule has 3 heterocycles. The normalized spacial score (nSPS) is 12.7. The molecule has 5 rings (SSSR count). The van der Waals surface area contributed by atoms with Gasteiger partial charge in [-0.1, -0.05) is 63.6 Å². The Morgan fingerprint density at radius 2 is 1.54 bits per heavy atom. The number of benzene rings is 2. The summed E-state index contributed by atoms with van der Waals surface area (Å²) in [4.78, 5) is 15.2. The fraction of sp³-hybridized carbons (Fsp3) is 0.432. The van der Waals surface area contributed by atoms with E-state index in [4.69, 9.17) is 5.23 Å². The number of aliphatic hydroxyl groups is 1. The molecule has 46 heavy (non-hydrogen) atoms. The number of para-hydroxylation sites is 1. The molecule has 0 unspecified atom stereocenters. The first kappa shape index (κ1) is 37.5. The van der Waals surface area contributed by atoms with Gasteiger partial charge in [0.25, 0.3) is 0 Å². The van der Waals surface area contributed by atoms with Gasteiger partial charge in [0.1, 0.15) is 0 Å². The third kappa shape index (κ3) is 7.59. The summed E-state index contributed by atoms with van der Waals surface area (Å²) in [7, 11) is 2.09. The Kier molecular flexibility index (Phi) is 13.2. The average Bonchev–Trinajstić information content (AvgIpc) is 3.52. The molecule has 0 atom stereocenters. The van der Waals surface area contributed by atoms with E-state index in [-0.39, 0.29) is 50.5 Å². The number of carbonyl (C=O) groups is 1. The van der Waals surface area contributed by atoms with Crippen molar-refractivity contribution in [3.8, 4) is 10.4 Å². The molecule has 1 aliphatic heterocycles. The molecule has 9 heteroatoms. The van der Waals surface area contributed by atoms with Crippen LogP contribution in [0.4, 0.5) is 11.4 Å². The van der Waals surface area contributed by atoms with Crippen LogP contribution in [-0.2, 0) is 24.9 Å². The van der Waals surface area contributed by atoms with Crippen molar-refractivity contribution in [2.24, 2.45) is 11.8 Å². The van der Waals surface area contributed by atoms with Crippen molar-refractivity contribution in [2.75, 3.05) is 11.9 Å². The SMILES string of the molecule is CCC(CC)C(=O)/C=C(\O)C(CC)CC.Cc1cc(C)c(-c2sc3c(B4[N-]c5ccccc5N4C)nnc(C)c3c2C)c(C)c1.[Ir]. The molecule has 247 valence electrons. The minimum absolute atomic E-state index is 0. The summed E-state index contributed by atoms with van der Waals surface area (Å²) in [5.74, 6) is 0.547. The molecule has 0 aliphatic carbocycles. The van der Waals surface area contributed by atoms with E-state index in [1.165, 1.54) is 48.9 Å². The summed E-state index contributed by atoms with van der Waals surface area (Å²) in [5.41, 5.74) is 10.6. The molecule has 0 saturated heterocycles. The van der Waals surface area contributed by atoms with Gasteiger partial charge in [0.15, 0.2) is 5.78 Å². The number of aliphatic hydroxyl groups excluding tert-OH is 1. The fourth-order valence-corrected chi connectivity index (χ4v) is 8.08. The van der Waals surface area contributed by atoms with Gasteiger partial charge in [-0.3, -0.25) is 4.79 Å². The molecule has 4 aromatic rings. The largest absolute Gasteiger partial charge is 0.682 e. The first-order valence-corrected chi connectivity index (χ1v) is 17.1. The summed E-state index contributed by atoms with van der Waals surface area (Å²) in [6.07, 6.45) is 4.91. The van der Waals surface area contributed by atoms with E-state index < -0.39 is 0 Å². The molecule has 2 aromatic carbocycles. The number of nitrogens with zero attached hydrogens (tertiary/aromatic N) is 4. The maximum Gasteiger partial charge on any atom is 0.210 e. The van der Waals surface area contributed by atoms with Crippen molar-refractivity contribution in [1.82, 2.24) is 10.2 Å². The van der Waals surface area contributed by atoms with E-state index in [0.29, 0.717) is 0 Å². The van der Waals surface area contributed by atoms with Gasteiger partial charge in [-0.05, 0) is 95.7 Å². The first-order chi connectivity index (χ1) is 21.5. The Morgan fingerprint density at radius 3 is 2.11 bits per heavy atom. The molecule has 2 aromatic heterocycles. The molecule has 1 radical (unpaired) electrons. The molecule has 6 nitrogen and oxygen atoms in total. The van der Waals surface area contributed by atoms with Crippen molar-refractivity contribution in [2.45, 2.75) is 88.0 Å². The molecule has 0 saturated carbocycles. The van der Waals surface area contributed by atoms with Gasteiger partial charge in [0.05, 0.1) is 16.2 Å². The average molecular weight is 816 g/mol. The zero-order valence-corrected chi connectivity index (χ0v) is 32.2. The summed E-state index contributed by atoms with van der Waals surface area (Å²) in [6.45, 7) is 18.8. The second-order valence-corrected chi connectivity index (χ2v) is 13.3. The van der Waals surface area contributed by atoms with Gasteiger partial charge >= 0.3 is 0 Å². The van der Waals surface area contributed by atoms with Gasteiger partial charge in [-0.25, -0.2) is 0 Å². The molecule has 0 fully saturated rings. The van der Waals surface area contributed by atoms with Crippen molar-refractivity contribution < 1.29 is 30.0 Å². The Morgan fingerprint density at radius 1 is 0.957 bits per heavy atom. The second-order valence-electron chi connectivity index (χ2n) is 12.3. The van der Waals surface area contributed by atoms with Crippen molar-refractivity contribution in [3.05, 3.63) is 81.4 Å². The number of hydrogen-bond donors (Lipinski definition) is 1. The molecule has 0 spiro atoms. The van der Waals surface area contributed by atoms with Gasteiger partial charge in [0.2, 0.25) is 6.98 Å². The summed E-state index contributed by atoms with van der Waals surface area (Å²) in [6, 6.07) is 12.8. The first-order valence-electron chi connectivity index (χ1n) is 16.3. The molecule has 1 N–H and O–H groups in total. The standard InChI is InChI=1S/C24H24BN4S.C13H24O2.Ir/c1-13-11-14(2)20(15(3)12-13)22-16(4)21-17(5)27-28-24(23(21)30-22)25-26-18-9-7-8-10-19(18)29(25)6;1-5-10(6-2)12(14)9-13(15)11(7-3)8-4;/h7-12H,1-6H3;9-11,14H,5-8H2,1-4H3;/q-1;;/b;12-9-;. The van der Waals surface area contributed by atoms with Crippen LogP contribution in [0.5, 0.6) is 0 Å². The molecule has 0 bridgehead atoms. The van der Waals surface area contributed by atoms with Crippen LogP contribution in [0.15, 0.2) is 48.2 Å². The number of hydrogen-bond acceptors (Lipinski definition) is 6. The van der Waals surface area contributed by atoms with Crippen LogP contribution in [0.3, 0.4) is 0 Å². The van der Waals surface area contributed by atoms with E-state index in [1.807, 2.05) is 45.1 Å². The zero-order chi connectivity index (χ0) is 33.0. The number of fused-ring (bicyclic) bond motifs is 2. The third-order valence-electron chi connectivity index (χ3n) is 9.17. The van der Waals surface area contributed by atoms with Crippen molar-refractivity contribution in [3.63, 3.8) is 0 Å². The second kappa shape index (κ2) is 16.2. The molecule has 1 aliphatic rings. The number of allylic oxidation sites excluding steroid dienone is 2. The van der Waals surface area contributed by atoms with Gasteiger partial charge < -0.3 is 15.1 Å². The Bertz CT molecular complexity index is 1690. The minimum atomic E-state index is -0.149. The zero-order valence-electron chi connectivity index (χ0n) is 29.0. The van der Waals surface area contributed by atoms with Crippen LogP contribution in [0.25, 0.3) is 25.8 Å². The summed E-state index contributed by atoms with van der Waals surface area (Å²) in [5, 5.41) is 25.2. The Hall–Kier alpha value is -3.00. The van der Waals surface area contributed by atoms with Gasteiger partial charge in [0, 0.05) is 59.6 Å². The van der Waals surface area contributed by atoms with Crippen LogP contribution in [0.2, 0.25) is 0 Å². The monoisotopic (exact) mass is 816 g/mol. The van der Waals surface area contributed by atoms with E-state index in [0.717, 1.165) is 48.3 Å². The van der Waals surface area contributed by atoms with E-state index in [1.54, 1.807) is 0 Å². The topological polar surface area (TPSA) is 80.4 Å². The number of aromatic nitrogens is 2. The molecular formula is C37H48BIrN4O2S-. The van der Waals surface area contributed by atoms with E-state index in [2.05, 4.69) is 87.0 Å². The maximum absolute atomic E-state index is 11.7. The minimum Gasteiger partial charge on any atom is -0.682 e. The number of carbonyl (C=O) groups excluding carboxylic acids is 1. The maximum atomic E-state index is 11.7. The smallest absolute Gasteiger partial charge is 0.210 e. The number of thiophene rings is 1. The van der Waals surface area contributed by atoms with Crippen LogP contribution < -0.4 is 10.4 Å². The van der Waals surface area contributed by atoms with Crippen LogP contribution in [-0.4, -0.2) is 35.1 Å². The predicted octanol–water partition coefficient (Wildman–Crippen LogP) is 9.62. The summed E-state index contributed by atoms with van der Waals surface area (Å²) < 4.78 is 1.20. The molecule has 0 amide bonds. The van der Waals surface area contributed by atoms with E-state index >= 15 is 0 Å². The van der Waals surface area contributed by atoms with Crippen molar-refractivity contribution in [1.29, 1.82) is 0 Å².